The lowest BCUT2D eigenvalue weighted by Crippen LogP contribution is -1.86. The quantitative estimate of drug-likeness (QED) is 0.694. The Morgan fingerprint density at radius 2 is 2.38 bits per heavy atom. The van der Waals surface area contributed by atoms with Crippen molar-refractivity contribution in [1.82, 2.24) is 9.97 Å². The van der Waals surface area contributed by atoms with Crippen LogP contribution in [0.5, 0.6) is 5.75 Å². The first-order valence-electron chi connectivity index (χ1n) is 3.71. The fourth-order valence-electron chi connectivity index (χ4n) is 1.02. The Hall–Kier alpha value is -1.84. The number of furan rings is 1. The molecule has 2 aromatic heterocycles. The zero-order valence-corrected chi connectivity index (χ0v) is 7.02. The summed E-state index contributed by atoms with van der Waals surface area (Å²) in [6.45, 7) is 0. The minimum atomic E-state index is 0.542. The van der Waals surface area contributed by atoms with Crippen LogP contribution in [-0.2, 0) is 0 Å². The molecule has 0 amide bonds. The van der Waals surface area contributed by atoms with Crippen molar-refractivity contribution in [3.63, 3.8) is 0 Å². The predicted octanol–water partition coefficient (Wildman–Crippen LogP) is 1.55. The van der Waals surface area contributed by atoms with Crippen molar-refractivity contribution in [2.24, 2.45) is 0 Å². The van der Waals surface area contributed by atoms with E-state index in [0.717, 1.165) is 5.56 Å². The Balaban J connectivity index is 2.47. The van der Waals surface area contributed by atoms with Gasteiger partial charge in [0.1, 0.15) is 6.26 Å². The van der Waals surface area contributed by atoms with E-state index < -0.39 is 0 Å². The highest BCUT2D eigenvalue weighted by atomic mass is 16.5. The predicted molar refractivity (Wildman–Crippen MR) is 45.1 cm³/mol. The van der Waals surface area contributed by atoms with Gasteiger partial charge in [0.15, 0.2) is 5.75 Å². The van der Waals surface area contributed by atoms with Gasteiger partial charge in [-0.3, -0.25) is 9.97 Å². The lowest BCUT2D eigenvalue weighted by atomic mass is 10.2. The maximum absolute atomic E-state index is 5.02. The van der Waals surface area contributed by atoms with Crippen LogP contribution in [-0.4, -0.2) is 17.1 Å². The first-order valence-corrected chi connectivity index (χ1v) is 3.71. The third kappa shape index (κ3) is 1.38. The van der Waals surface area contributed by atoms with Crippen LogP contribution in [0.3, 0.4) is 0 Å². The maximum Gasteiger partial charge on any atom is 0.215 e. The standard InChI is InChI=1S/C9H7N2O2/c1-12-9-6-13-5-7(9)8-4-10-2-3-11-8/h2-5H,1H3. The van der Waals surface area contributed by atoms with Gasteiger partial charge in [-0.05, 0) is 0 Å². The maximum atomic E-state index is 5.02. The SMILES string of the molecule is COc1[c]occ1-c1cnccn1. The van der Waals surface area contributed by atoms with Gasteiger partial charge in [0.05, 0.1) is 24.6 Å². The molecule has 65 valence electrons. The largest absolute Gasteiger partial charge is 0.492 e. The summed E-state index contributed by atoms with van der Waals surface area (Å²) in [5.74, 6) is 0.542. The smallest absolute Gasteiger partial charge is 0.215 e. The molecule has 4 nitrogen and oxygen atoms in total. The first-order chi connectivity index (χ1) is 6.42. The minimum absolute atomic E-state index is 0.542. The van der Waals surface area contributed by atoms with Gasteiger partial charge in [-0.15, -0.1) is 0 Å². The molecular formula is C9H7N2O2. The molecule has 0 bridgehead atoms. The highest BCUT2D eigenvalue weighted by Gasteiger charge is 2.09. The molecule has 0 saturated heterocycles. The summed E-state index contributed by atoms with van der Waals surface area (Å²) in [6, 6.07) is 0. The minimum Gasteiger partial charge on any atom is -0.492 e. The van der Waals surface area contributed by atoms with Crippen LogP contribution < -0.4 is 4.74 Å². The van der Waals surface area contributed by atoms with Gasteiger partial charge in [-0.2, -0.15) is 0 Å². The van der Waals surface area contributed by atoms with Gasteiger partial charge >= 0.3 is 0 Å². The van der Waals surface area contributed by atoms with Gasteiger partial charge in [-0.25, -0.2) is 0 Å². The second-order valence-electron chi connectivity index (χ2n) is 2.38. The van der Waals surface area contributed by atoms with Crippen molar-refractivity contribution >= 4 is 0 Å². The summed E-state index contributed by atoms with van der Waals surface area (Å²) in [5.41, 5.74) is 1.47. The number of nitrogens with zero attached hydrogens (tertiary/aromatic N) is 2. The molecular weight excluding hydrogens is 168 g/mol. The molecule has 1 radical (unpaired) electrons. The number of hydrogen-bond acceptors (Lipinski definition) is 4. The van der Waals surface area contributed by atoms with Crippen LogP contribution in [0.2, 0.25) is 0 Å². The van der Waals surface area contributed by atoms with Crippen LogP contribution >= 0.6 is 0 Å². The number of ether oxygens (including phenoxy) is 1. The molecule has 4 heteroatoms. The average molecular weight is 175 g/mol. The topological polar surface area (TPSA) is 48.2 Å². The van der Waals surface area contributed by atoms with E-state index in [9.17, 15) is 0 Å². The molecule has 0 aliphatic rings. The molecule has 0 spiro atoms. The lowest BCUT2D eigenvalue weighted by Gasteiger charge is -1.97. The van der Waals surface area contributed by atoms with E-state index in [1.807, 2.05) is 0 Å². The number of methoxy groups -OCH3 is 1. The van der Waals surface area contributed by atoms with E-state index in [-0.39, 0.29) is 0 Å². The molecule has 0 aromatic carbocycles. The Morgan fingerprint density at radius 1 is 1.46 bits per heavy atom. The first kappa shape index (κ1) is 7.79. The molecule has 2 heterocycles. The summed E-state index contributed by atoms with van der Waals surface area (Å²) >= 11 is 0. The highest BCUT2D eigenvalue weighted by Crippen LogP contribution is 2.27. The molecule has 0 saturated carbocycles. The number of hydrogen-bond donors (Lipinski definition) is 0. The Bertz CT molecular complexity index is 384. The van der Waals surface area contributed by atoms with Crippen LogP contribution in [0, 0.1) is 6.26 Å². The van der Waals surface area contributed by atoms with Crippen LogP contribution in [0.25, 0.3) is 11.3 Å². The van der Waals surface area contributed by atoms with Crippen molar-refractivity contribution in [2.45, 2.75) is 0 Å². The molecule has 0 aliphatic heterocycles. The van der Waals surface area contributed by atoms with Crippen molar-refractivity contribution < 1.29 is 9.15 Å². The summed E-state index contributed by atoms with van der Waals surface area (Å²) in [5, 5.41) is 0. The number of rotatable bonds is 2. The van der Waals surface area contributed by atoms with Gasteiger partial charge in [0.25, 0.3) is 0 Å². The summed E-state index contributed by atoms with van der Waals surface area (Å²) in [6.07, 6.45) is 8.98. The van der Waals surface area contributed by atoms with Gasteiger partial charge in [0.2, 0.25) is 6.26 Å². The van der Waals surface area contributed by atoms with Crippen LogP contribution in [0.1, 0.15) is 0 Å². The summed E-state index contributed by atoms with van der Waals surface area (Å²) < 4.78 is 9.90. The molecule has 13 heavy (non-hydrogen) atoms. The summed E-state index contributed by atoms with van der Waals surface area (Å²) in [4.78, 5) is 8.05. The van der Waals surface area contributed by atoms with Crippen LogP contribution in [0.4, 0.5) is 0 Å². The fraction of sp³-hybridized carbons (Fsp3) is 0.111. The van der Waals surface area contributed by atoms with E-state index in [1.165, 1.54) is 6.26 Å². The Labute approximate surface area is 75.2 Å². The molecule has 0 fully saturated rings. The van der Waals surface area contributed by atoms with Gasteiger partial charge < -0.3 is 9.15 Å². The van der Waals surface area contributed by atoms with E-state index in [2.05, 4.69) is 16.2 Å². The van der Waals surface area contributed by atoms with E-state index in [0.29, 0.717) is 11.4 Å². The Morgan fingerprint density at radius 3 is 3.08 bits per heavy atom. The molecule has 0 unspecified atom stereocenters. The second-order valence-corrected chi connectivity index (χ2v) is 2.38. The van der Waals surface area contributed by atoms with E-state index >= 15 is 0 Å². The third-order valence-corrected chi connectivity index (χ3v) is 1.62. The van der Waals surface area contributed by atoms with E-state index in [4.69, 9.17) is 9.15 Å². The monoisotopic (exact) mass is 175 g/mol. The molecule has 0 N–H and O–H groups in total. The second kappa shape index (κ2) is 3.26. The normalized spacial score (nSPS) is 9.92. The highest BCUT2D eigenvalue weighted by molar-refractivity contribution is 5.64. The van der Waals surface area contributed by atoms with Crippen molar-refractivity contribution in [3.8, 4) is 17.0 Å². The zero-order valence-electron chi connectivity index (χ0n) is 7.02. The zero-order chi connectivity index (χ0) is 9.10. The summed E-state index contributed by atoms with van der Waals surface area (Å²) in [7, 11) is 1.56. The molecule has 0 aliphatic carbocycles. The Kier molecular flexibility index (Phi) is 1.96. The van der Waals surface area contributed by atoms with Crippen molar-refractivity contribution in [3.05, 3.63) is 31.1 Å². The number of aromatic nitrogens is 2. The lowest BCUT2D eigenvalue weighted by molar-refractivity contribution is 0.404. The van der Waals surface area contributed by atoms with Gasteiger partial charge in [0, 0.05) is 12.4 Å². The third-order valence-electron chi connectivity index (χ3n) is 1.62. The average Bonchev–Trinajstić information content (AvgIpc) is 2.67. The van der Waals surface area contributed by atoms with Gasteiger partial charge in [-0.1, -0.05) is 0 Å². The van der Waals surface area contributed by atoms with Crippen molar-refractivity contribution in [1.29, 1.82) is 0 Å². The van der Waals surface area contributed by atoms with E-state index in [1.54, 1.807) is 25.7 Å². The van der Waals surface area contributed by atoms with Crippen molar-refractivity contribution in [2.75, 3.05) is 7.11 Å². The molecule has 2 aromatic rings. The van der Waals surface area contributed by atoms with Crippen LogP contribution in [0.15, 0.2) is 29.3 Å². The molecule has 2 rings (SSSR count). The fourth-order valence-corrected chi connectivity index (χ4v) is 1.02. The molecule has 0 atom stereocenters.